The molecule has 0 N–H and O–H groups in total. The van der Waals surface area contributed by atoms with Crippen LogP contribution >= 0.6 is 0 Å². The van der Waals surface area contributed by atoms with Gasteiger partial charge in [-0.25, -0.2) is 9.40 Å². The van der Waals surface area contributed by atoms with Gasteiger partial charge in [-0.15, -0.1) is 5.10 Å². The molecule has 0 aromatic heterocycles. The summed E-state index contributed by atoms with van der Waals surface area (Å²) in [5, 5.41) is 6.66. The van der Waals surface area contributed by atoms with Crippen LogP contribution in [-0.2, 0) is 11.4 Å². The van der Waals surface area contributed by atoms with E-state index in [-0.39, 0.29) is 18.1 Å². The highest BCUT2D eigenvalue weighted by Crippen LogP contribution is 2.45. The van der Waals surface area contributed by atoms with Gasteiger partial charge in [0.25, 0.3) is 0 Å². The first-order valence-corrected chi connectivity index (χ1v) is 13.4. The van der Waals surface area contributed by atoms with Gasteiger partial charge in [-0.3, -0.25) is 9.69 Å². The van der Waals surface area contributed by atoms with Crippen molar-refractivity contribution in [2.75, 3.05) is 43.1 Å². The van der Waals surface area contributed by atoms with Crippen molar-refractivity contribution in [1.82, 2.24) is 0 Å². The molecule has 4 aromatic carbocycles. The van der Waals surface area contributed by atoms with E-state index in [0.717, 1.165) is 22.6 Å². The van der Waals surface area contributed by atoms with Crippen LogP contribution in [0.3, 0.4) is 0 Å². The summed E-state index contributed by atoms with van der Waals surface area (Å²) in [6.45, 7) is 1.64. The fraction of sp³-hybridized carbons (Fsp3) is 0.212. The van der Waals surface area contributed by atoms with Crippen molar-refractivity contribution in [2.45, 2.75) is 19.7 Å². The van der Waals surface area contributed by atoms with E-state index in [1.54, 1.807) is 19.2 Å². The van der Waals surface area contributed by atoms with E-state index in [9.17, 15) is 9.18 Å². The third-order valence-electron chi connectivity index (χ3n) is 6.99. The second kappa shape index (κ2) is 12.2. The Morgan fingerprint density at radius 1 is 0.881 bits per heavy atom. The monoisotopic (exact) mass is 568 g/mol. The standard InChI is InChI=1S/C33H33FN4O4/c1-22(39)32-35-38(26-10-7-6-8-11-26)33(37(32)25-17-15-24(16-18-25)36(2)3)27-12-9-13-29(40-4)31(27)42-21-23-14-19-28(34)30(20-23)41-5/h6-20,33H,21H2,1-5H3. The number of anilines is 3. The summed E-state index contributed by atoms with van der Waals surface area (Å²) in [5.74, 6) is 0.776. The molecule has 1 aliphatic heterocycles. The largest absolute Gasteiger partial charge is 0.494 e. The number of hydrogen-bond donors (Lipinski definition) is 0. The number of carbonyl (C=O) groups is 1. The number of Topliss-reactive ketones (excluding diaryl/α,β-unsaturated/α-hetero) is 1. The molecule has 1 aliphatic rings. The summed E-state index contributed by atoms with van der Waals surface area (Å²) >= 11 is 0. The van der Waals surface area contributed by atoms with Crippen molar-refractivity contribution in [1.29, 1.82) is 0 Å². The van der Waals surface area contributed by atoms with Crippen LogP contribution in [0.25, 0.3) is 0 Å². The maximum Gasteiger partial charge on any atom is 0.198 e. The number of ether oxygens (including phenoxy) is 3. The molecule has 1 heterocycles. The van der Waals surface area contributed by atoms with E-state index in [4.69, 9.17) is 19.3 Å². The van der Waals surface area contributed by atoms with Crippen LogP contribution in [0.15, 0.2) is 96.1 Å². The van der Waals surface area contributed by atoms with Gasteiger partial charge in [-0.2, -0.15) is 0 Å². The number of hydrogen-bond acceptors (Lipinski definition) is 8. The number of halogens is 1. The topological polar surface area (TPSA) is 66.8 Å². The second-order valence-corrected chi connectivity index (χ2v) is 9.95. The molecule has 9 heteroatoms. The van der Waals surface area contributed by atoms with E-state index in [2.05, 4.69) is 0 Å². The quantitative estimate of drug-likeness (QED) is 0.219. The Morgan fingerprint density at radius 2 is 1.60 bits per heavy atom. The highest BCUT2D eigenvalue weighted by Gasteiger charge is 2.41. The highest BCUT2D eigenvalue weighted by atomic mass is 19.1. The van der Waals surface area contributed by atoms with E-state index in [1.165, 1.54) is 20.1 Å². The number of amidine groups is 1. The minimum absolute atomic E-state index is 0.125. The fourth-order valence-corrected chi connectivity index (χ4v) is 4.90. The first kappa shape index (κ1) is 28.5. The molecule has 0 fully saturated rings. The molecule has 1 atom stereocenters. The number of benzene rings is 4. The molecule has 0 saturated carbocycles. The Balaban J connectivity index is 1.64. The van der Waals surface area contributed by atoms with Gasteiger partial charge in [0.1, 0.15) is 6.61 Å². The van der Waals surface area contributed by atoms with E-state index >= 15 is 0 Å². The number of para-hydroxylation sites is 2. The van der Waals surface area contributed by atoms with Crippen molar-refractivity contribution in [2.24, 2.45) is 5.10 Å². The summed E-state index contributed by atoms with van der Waals surface area (Å²) in [6, 6.07) is 27.8. The summed E-state index contributed by atoms with van der Waals surface area (Å²) in [7, 11) is 6.95. The molecule has 8 nitrogen and oxygen atoms in total. The van der Waals surface area contributed by atoms with Gasteiger partial charge in [0.2, 0.25) is 0 Å². The number of hydrazone groups is 1. The molecular formula is C33H33FN4O4. The lowest BCUT2D eigenvalue weighted by molar-refractivity contribution is -0.111. The van der Waals surface area contributed by atoms with Crippen molar-refractivity contribution in [3.05, 3.63) is 108 Å². The van der Waals surface area contributed by atoms with Gasteiger partial charge >= 0.3 is 0 Å². The van der Waals surface area contributed by atoms with E-state index < -0.39 is 12.0 Å². The first-order chi connectivity index (χ1) is 20.3. The molecule has 0 spiro atoms. The number of nitrogens with zero attached hydrogens (tertiary/aromatic N) is 4. The van der Waals surface area contributed by atoms with Crippen LogP contribution < -0.4 is 29.0 Å². The van der Waals surface area contributed by atoms with Crippen molar-refractivity contribution < 1.29 is 23.4 Å². The maximum absolute atomic E-state index is 14.1. The average molecular weight is 569 g/mol. The Labute approximate surface area is 245 Å². The average Bonchev–Trinajstić information content (AvgIpc) is 3.42. The molecule has 42 heavy (non-hydrogen) atoms. The predicted octanol–water partition coefficient (Wildman–Crippen LogP) is 6.42. The Hall–Kier alpha value is -5.05. The molecule has 0 bridgehead atoms. The molecule has 0 aliphatic carbocycles. The molecule has 216 valence electrons. The number of ketones is 1. The van der Waals surface area contributed by atoms with Crippen molar-refractivity contribution in [3.63, 3.8) is 0 Å². The van der Waals surface area contributed by atoms with Crippen molar-refractivity contribution in [3.8, 4) is 17.2 Å². The molecular weight excluding hydrogens is 535 g/mol. The van der Waals surface area contributed by atoms with E-state index in [0.29, 0.717) is 22.9 Å². The number of carbonyl (C=O) groups excluding carboxylic acids is 1. The predicted molar refractivity (Wildman–Crippen MR) is 163 cm³/mol. The van der Waals surface area contributed by atoms with E-state index in [1.807, 2.05) is 102 Å². The number of methoxy groups -OCH3 is 2. The van der Waals surface area contributed by atoms with Crippen LogP contribution in [-0.4, -0.2) is 39.9 Å². The second-order valence-electron chi connectivity index (χ2n) is 9.95. The van der Waals surface area contributed by atoms with Gasteiger partial charge in [0, 0.05) is 38.0 Å². The van der Waals surface area contributed by atoms with Crippen molar-refractivity contribution >= 4 is 28.7 Å². The molecule has 0 radical (unpaired) electrons. The Kier molecular flexibility index (Phi) is 8.28. The third kappa shape index (κ3) is 5.58. The lowest BCUT2D eigenvalue weighted by Gasteiger charge is -2.33. The zero-order chi connectivity index (χ0) is 29.8. The fourth-order valence-electron chi connectivity index (χ4n) is 4.90. The molecule has 0 amide bonds. The minimum Gasteiger partial charge on any atom is -0.494 e. The minimum atomic E-state index is -0.593. The first-order valence-electron chi connectivity index (χ1n) is 13.4. The molecule has 0 saturated heterocycles. The lowest BCUT2D eigenvalue weighted by Crippen LogP contribution is -2.38. The van der Waals surface area contributed by atoms with Gasteiger partial charge in [0.05, 0.1) is 19.9 Å². The van der Waals surface area contributed by atoms with Crippen LogP contribution in [0.5, 0.6) is 17.2 Å². The van der Waals surface area contributed by atoms with Crippen LogP contribution in [0.2, 0.25) is 0 Å². The van der Waals surface area contributed by atoms with Gasteiger partial charge in [-0.05, 0) is 60.2 Å². The van der Waals surface area contributed by atoms with Crippen LogP contribution in [0, 0.1) is 5.82 Å². The Bertz CT molecular complexity index is 1590. The summed E-state index contributed by atoms with van der Waals surface area (Å²) < 4.78 is 31.4. The number of rotatable bonds is 10. The van der Waals surface area contributed by atoms with Gasteiger partial charge in [0.15, 0.2) is 40.9 Å². The third-order valence-corrected chi connectivity index (χ3v) is 6.99. The maximum atomic E-state index is 14.1. The Morgan fingerprint density at radius 3 is 2.24 bits per heavy atom. The van der Waals surface area contributed by atoms with Crippen LogP contribution in [0.1, 0.15) is 24.2 Å². The molecule has 5 rings (SSSR count). The highest BCUT2D eigenvalue weighted by molar-refractivity contribution is 6.44. The van der Waals surface area contributed by atoms with Gasteiger partial charge in [-0.1, -0.05) is 36.4 Å². The van der Waals surface area contributed by atoms with Gasteiger partial charge < -0.3 is 19.1 Å². The normalized spacial score (nSPS) is 14.4. The zero-order valence-electron chi connectivity index (χ0n) is 24.2. The molecule has 4 aromatic rings. The lowest BCUT2D eigenvalue weighted by atomic mass is 10.1. The smallest absolute Gasteiger partial charge is 0.198 e. The SMILES string of the molecule is COc1cc(COc2c(OC)cccc2C2N(c3ccccc3)N=C(C(C)=O)N2c2ccc(N(C)C)cc2)ccc1F. The molecule has 1 unspecified atom stereocenters. The summed E-state index contributed by atoms with van der Waals surface area (Å²) in [6.07, 6.45) is -0.593. The summed E-state index contributed by atoms with van der Waals surface area (Å²) in [4.78, 5) is 17.0. The zero-order valence-corrected chi connectivity index (χ0v) is 24.2. The summed E-state index contributed by atoms with van der Waals surface area (Å²) in [5.41, 5.74) is 4.05. The van der Waals surface area contributed by atoms with Crippen LogP contribution in [0.4, 0.5) is 21.5 Å².